The van der Waals surface area contributed by atoms with Gasteiger partial charge < -0.3 is 22.2 Å². The van der Waals surface area contributed by atoms with Gasteiger partial charge >= 0.3 is 0 Å². The molecule has 1 aromatic heterocycles. The molecule has 1 unspecified atom stereocenters. The van der Waals surface area contributed by atoms with Crippen LogP contribution in [0.2, 0.25) is 0 Å². The summed E-state index contributed by atoms with van der Waals surface area (Å²) in [7, 11) is 0. The molecule has 6 nitrogen and oxygen atoms in total. The van der Waals surface area contributed by atoms with E-state index in [1.54, 1.807) is 6.20 Å². The van der Waals surface area contributed by atoms with Crippen molar-refractivity contribution < 1.29 is 0 Å². The molecule has 1 fully saturated rings. The maximum atomic E-state index is 6.70. The van der Waals surface area contributed by atoms with Crippen molar-refractivity contribution >= 4 is 5.70 Å². The van der Waals surface area contributed by atoms with Gasteiger partial charge in [-0.05, 0) is 45.6 Å². The molecular formula is C15H26N6. The van der Waals surface area contributed by atoms with E-state index in [1.165, 1.54) is 0 Å². The van der Waals surface area contributed by atoms with E-state index in [0.29, 0.717) is 18.0 Å². The van der Waals surface area contributed by atoms with E-state index in [4.69, 9.17) is 11.5 Å². The predicted octanol–water partition coefficient (Wildman–Crippen LogP) is 0.952. The average molecular weight is 290 g/mol. The van der Waals surface area contributed by atoms with Crippen LogP contribution in [-0.2, 0) is 0 Å². The van der Waals surface area contributed by atoms with Gasteiger partial charge in [0.25, 0.3) is 0 Å². The number of aromatic nitrogens is 2. The molecule has 1 saturated carbocycles. The summed E-state index contributed by atoms with van der Waals surface area (Å²) in [6, 6.07) is 0.665. The van der Waals surface area contributed by atoms with Crippen LogP contribution in [0.25, 0.3) is 5.70 Å². The number of rotatable bonds is 3. The van der Waals surface area contributed by atoms with Gasteiger partial charge in [-0.2, -0.15) is 0 Å². The Morgan fingerprint density at radius 3 is 2.76 bits per heavy atom. The van der Waals surface area contributed by atoms with E-state index in [2.05, 4.69) is 35.7 Å². The number of nitrogens with two attached hydrogens (primary N) is 2. The van der Waals surface area contributed by atoms with Crippen LogP contribution >= 0.6 is 0 Å². The normalized spacial score (nSPS) is 32.3. The minimum absolute atomic E-state index is 0.328. The van der Waals surface area contributed by atoms with Crippen LogP contribution in [0.3, 0.4) is 0 Å². The predicted molar refractivity (Wildman–Crippen MR) is 84.7 cm³/mol. The fourth-order valence-corrected chi connectivity index (χ4v) is 3.36. The Morgan fingerprint density at radius 1 is 1.38 bits per heavy atom. The number of nitrogens with zero attached hydrogens (tertiary/aromatic N) is 2. The van der Waals surface area contributed by atoms with Crippen molar-refractivity contribution in [3.05, 3.63) is 24.3 Å². The third-order valence-electron chi connectivity index (χ3n) is 4.47. The minimum Gasteiger partial charge on any atom is -0.380 e. The molecule has 1 aliphatic carbocycles. The number of imidazole rings is 1. The molecule has 116 valence electrons. The molecule has 0 spiro atoms. The second kappa shape index (κ2) is 5.35. The lowest BCUT2D eigenvalue weighted by molar-refractivity contribution is 0.238. The highest BCUT2D eigenvalue weighted by Gasteiger charge is 2.39. The van der Waals surface area contributed by atoms with Crippen molar-refractivity contribution in [2.24, 2.45) is 17.4 Å². The van der Waals surface area contributed by atoms with Gasteiger partial charge in [0.2, 0.25) is 0 Å². The Bertz CT molecular complexity index is 526. The van der Waals surface area contributed by atoms with Crippen molar-refractivity contribution in [2.75, 3.05) is 5.43 Å². The summed E-state index contributed by atoms with van der Waals surface area (Å²) in [5, 5.41) is 3.46. The highest BCUT2D eigenvalue weighted by Crippen LogP contribution is 2.34. The van der Waals surface area contributed by atoms with Gasteiger partial charge in [-0.3, -0.25) is 0 Å². The lowest BCUT2D eigenvalue weighted by Gasteiger charge is -2.43. The molecule has 1 aliphatic heterocycles. The zero-order chi connectivity index (χ0) is 15.0. The minimum atomic E-state index is -0.551. The van der Waals surface area contributed by atoms with Gasteiger partial charge in [-0.1, -0.05) is 0 Å². The summed E-state index contributed by atoms with van der Waals surface area (Å²) in [6.07, 6.45) is 10.0. The molecule has 0 aromatic carbocycles. The van der Waals surface area contributed by atoms with Crippen molar-refractivity contribution in [1.82, 2.24) is 15.0 Å². The van der Waals surface area contributed by atoms with Crippen molar-refractivity contribution in [3.8, 4) is 0 Å². The lowest BCUT2D eigenvalue weighted by atomic mass is 9.78. The average Bonchev–Trinajstić information content (AvgIpc) is 2.86. The van der Waals surface area contributed by atoms with Crippen LogP contribution in [0.15, 0.2) is 18.5 Å². The first-order chi connectivity index (χ1) is 9.98. The summed E-state index contributed by atoms with van der Waals surface area (Å²) < 4.78 is 1.93. The Labute approximate surface area is 125 Å². The van der Waals surface area contributed by atoms with Gasteiger partial charge in [0.1, 0.15) is 5.66 Å². The maximum absolute atomic E-state index is 6.70. The SMILES string of the molecule is CC(C)NC1=CC(N)(C2CCC(N)CC2)Nn2ccnc21. The topological polar surface area (TPSA) is 93.9 Å². The Morgan fingerprint density at radius 2 is 2.10 bits per heavy atom. The van der Waals surface area contributed by atoms with E-state index in [1.807, 2.05) is 10.9 Å². The van der Waals surface area contributed by atoms with E-state index >= 15 is 0 Å². The molecule has 3 rings (SSSR count). The van der Waals surface area contributed by atoms with E-state index in [-0.39, 0.29) is 0 Å². The number of hydrogen-bond acceptors (Lipinski definition) is 5. The first-order valence-corrected chi connectivity index (χ1v) is 7.83. The molecule has 6 heteroatoms. The number of hydrogen-bond donors (Lipinski definition) is 4. The highest BCUT2D eigenvalue weighted by atomic mass is 15.5. The fourth-order valence-electron chi connectivity index (χ4n) is 3.36. The zero-order valence-electron chi connectivity index (χ0n) is 12.8. The third-order valence-corrected chi connectivity index (χ3v) is 4.47. The molecule has 6 N–H and O–H groups in total. The van der Waals surface area contributed by atoms with Crippen LogP contribution < -0.4 is 22.2 Å². The van der Waals surface area contributed by atoms with Crippen molar-refractivity contribution in [2.45, 2.75) is 57.3 Å². The van der Waals surface area contributed by atoms with Crippen LogP contribution in [0, 0.1) is 5.92 Å². The van der Waals surface area contributed by atoms with Gasteiger partial charge in [0.05, 0.1) is 5.70 Å². The molecule has 2 aliphatic rings. The lowest BCUT2D eigenvalue weighted by Crippen LogP contribution is -2.59. The summed E-state index contributed by atoms with van der Waals surface area (Å²) in [4.78, 5) is 4.41. The molecule has 0 radical (unpaired) electrons. The Balaban J connectivity index is 1.89. The van der Waals surface area contributed by atoms with Crippen LogP contribution in [-0.4, -0.2) is 27.4 Å². The third kappa shape index (κ3) is 2.78. The van der Waals surface area contributed by atoms with Crippen LogP contribution in [0.4, 0.5) is 0 Å². The molecule has 1 aromatic rings. The standard InChI is InChI=1S/C15H26N6/c1-10(2)19-13-9-15(17,11-3-5-12(16)6-4-11)20-21-8-7-18-14(13)21/h7-12,19-20H,3-6,16-17H2,1-2H3. The zero-order valence-corrected chi connectivity index (χ0v) is 12.8. The highest BCUT2D eigenvalue weighted by molar-refractivity contribution is 5.63. The second-order valence-corrected chi connectivity index (χ2v) is 6.63. The number of nitrogens with one attached hydrogen (secondary N) is 2. The fraction of sp³-hybridized carbons (Fsp3) is 0.667. The molecule has 0 bridgehead atoms. The molecule has 0 amide bonds. The van der Waals surface area contributed by atoms with Gasteiger partial charge in [0, 0.05) is 30.4 Å². The Kier molecular flexibility index (Phi) is 3.67. The first kappa shape index (κ1) is 14.4. The first-order valence-electron chi connectivity index (χ1n) is 7.83. The number of fused-ring (bicyclic) bond motifs is 1. The van der Waals surface area contributed by atoms with Crippen molar-refractivity contribution in [3.63, 3.8) is 0 Å². The maximum Gasteiger partial charge on any atom is 0.174 e. The second-order valence-electron chi connectivity index (χ2n) is 6.63. The molecule has 0 saturated heterocycles. The summed E-state index contributed by atoms with van der Waals surface area (Å²) in [5.74, 6) is 1.27. The summed E-state index contributed by atoms with van der Waals surface area (Å²) in [5.41, 5.74) is 16.6. The smallest absolute Gasteiger partial charge is 0.174 e. The van der Waals surface area contributed by atoms with Gasteiger partial charge in [-0.25, -0.2) is 9.66 Å². The molecule has 1 atom stereocenters. The quantitative estimate of drug-likeness (QED) is 0.665. The molecule has 21 heavy (non-hydrogen) atoms. The molecular weight excluding hydrogens is 264 g/mol. The summed E-state index contributed by atoms with van der Waals surface area (Å²) in [6.45, 7) is 4.24. The van der Waals surface area contributed by atoms with E-state index in [9.17, 15) is 0 Å². The summed E-state index contributed by atoms with van der Waals surface area (Å²) >= 11 is 0. The largest absolute Gasteiger partial charge is 0.380 e. The van der Waals surface area contributed by atoms with E-state index in [0.717, 1.165) is 37.2 Å². The van der Waals surface area contributed by atoms with Gasteiger partial charge in [-0.15, -0.1) is 0 Å². The van der Waals surface area contributed by atoms with Crippen molar-refractivity contribution in [1.29, 1.82) is 0 Å². The van der Waals surface area contributed by atoms with Crippen LogP contribution in [0.1, 0.15) is 45.4 Å². The van der Waals surface area contributed by atoms with Gasteiger partial charge in [0.15, 0.2) is 5.82 Å². The Hall–Kier alpha value is -1.53. The van der Waals surface area contributed by atoms with Crippen LogP contribution in [0.5, 0.6) is 0 Å². The van der Waals surface area contributed by atoms with E-state index < -0.39 is 5.66 Å². The molecule has 2 heterocycles. The monoisotopic (exact) mass is 290 g/mol.